The van der Waals surface area contributed by atoms with Crippen LogP contribution >= 0.6 is 0 Å². The number of ether oxygens (including phenoxy) is 1. The van der Waals surface area contributed by atoms with Crippen LogP contribution in [0.1, 0.15) is 21.6 Å². The lowest BCUT2D eigenvalue weighted by Crippen LogP contribution is -2.00. The van der Waals surface area contributed by atoms with Gasteiger partial charge in [0.25, 0.3) is 0 Å². The maximum absolute atomic E-state index is 13.2. The maximum Gasteiger partial charge on any atom is 0.194 e. The van der Waals surface area contributed by atoms with Crippen molar-refractivity contribution in [3.8, 4) is 33.7 Å². The summed E-state index contributed by atoms with van der Waals surface area (Å²) in [7, 11) is 1.59. The number of ketones is 1. The van der Waals surface area contributed by atoms with E-state index in [-0.39, 0.29) is 11.6 Å². The number of fused-ring (bicyclic) bond motifs is 3. The van der Waals surface area contributed by atoms with Crippen molar-refractivity contribution in [2.45, 2.75) is 6.92 Å². The first-order valence-corrected chi connectivity index (χ1v) is 9.23. The van der Waals surface area contributed by atoms with Gasteiger partial charge in [-0.1, -0.05) is 24.3 Å². The molecule has 29 heavy (non-hydrogen) atoms. The smallest absolute Gasteiger partial charge is 0.194 e. The normalized spacial score (nSPS) is 12.0. The van der Waals surface area contributed by atoms with Gasteiger partial charge in [-0.3, -0.25) is 4.79 Å². The van der Waals surface area contributed by atoms with E-state index in [1.54, 1.807) is 31.6 Å². The molecule has 0 unspecified atom stereocenters. The number of methoxy groups -OCH3 is 1. The predicted molar refractivity (Wildman–Crippen MR) is 109 cm³/mol. The molecule has 1 aliphatic rings. The van der Waals surface area contributed by atoms with Crippen molar-refractivity contribution in [2.24, 2.45) is 0 Å². The largest absolute Gasteiger partial charge is 0.495 e. The molecule has 0 radical (unpaired) electrons. The van der Waals surface area contributed by atoms with E-state index in [1.165, 1.54) is 12.1 Å². The van der Waals surface area contributed by atoms with Crippen molar-refractivity contribution < 1.29 is 13.9 Å². The Morgan fingerprint density at radius 3 is 2.31 bits per heavy atom. The summed E-state index contributed by atoms with van der Waals surface area (Å²) >= 11 is 0. The van der Waals surface area contributed by atoms with Gasteiger partial charge in [0.05, 0.1) is 24.8 Å². The van der Waals surface area contributed by atoms with Crippen molar-refractivity contribution in [1.82, 2.24) is 9.55 Å². The summed E-state index contributed by atoms with van der Waals surface area (Å²) in [6, 6.07) is 15.8. The molecule has 0 atom stereocenters. The molecule has 0 saturated heterocycles. The minimum absolute atomic E-state index is 0.0365. The molecule has 0 N–H and O–H groups in total. The van der Waals surface area contributed by atoms with E-state index in [2.05, 4.69) is 4.98 Å². The Labute approximate surface area is 167 Å². The van der Waals surface area contributed by atoms with Crippen molar-refractivity contribution >= 4 is 5.78 Å². The Morgan fingerprint density at radius 2 is 1.62 bits per heavy atom. The van der Waals surface area contributed by atoms with Gasteiger partial charge in [-0.2, -0.15) is 0 Å². The van der Waals surface area contributed by atoms with Crippen LogP contribution in [0.3, 0.4) is 0 Å². The quantitative estimate of drug-likeness (QED) is 0.429. The molecule has 0 spiro atoms. The van der Waals surface area contributed by atoms with Gasteiger partial charge in [-0.15, -0.1) is 0 Å². The second kappa shape index (κ2) is 6.41. The molecule has 142 valence electrons. The number of halogens is 1. The molecule has 4 aromatic rings. The molecule has 5 rings (SSSR count). The van der Waals surface area contributed by atoms with Crippen LogP contribution in [0.5, 0.6) is 5.75 Å². The van der Waals surface area contributed by atoms with Gasteiger partial charge in [0, 0.05) is 17.3 Å². The second-order valence-corrected chi connectivity index (χ2v) is 7.09. The molecule has 0 aliphatic heterocycles. The minimum Gasteiger partial charge on any atom is -0.495 e. The van der Waals surface area contributed by atoms with Crippen LogP contribution in [0.25, 0.3) is 27.9 Å². The number of hydrogen-bond donors (Lipinski definition) is 0. The van der Waals surface area contributed by atoms with Crippen LogP contribution in [0, 0.1) is 12.7 Å². The van der Waals surface area contributed by atoms with Gasteiger partial charge in [-0.05, 0) is 59.5 Å². The van der Waals surface area contributed by atoms with Gasteiger partial charge < -0.3 is 9.30 Å². The molecule has 3 aromatic carbocycles. The lowest BCUT2D eigenvalue weighted by Gasteiger charge is -2.12. The molecule has 0 fully saturated rings. The third-order valence-corrected chi connectivity index (χ3v) is 5.29. The van der Waals surface area contributed by atoms with E-state index in [1.807, 2.05) is 42.0 Å². The fourth-order valence-electron chi connectivity index (χ4n) is 3.83. The van der Waals surface area contributed by atoms with Crippen LogP contribution in [0.15, 0.2) is 67.1 Å². The molecule has 1 aromatic heterocycles. The number of carbonyl (C=O) groups excluding carboxylic acids is 1. The highest BCUT2D eigenvalue weighted by atomic mass is 19.1. The number of aryl methyl sites for hydroxylation is 1. The number of benzene rings is 3. The van der Waals surface area contributed by atoms with Crippen molar-refractivity contribution in [1.29, 1.82) is 0 Å². The monoisotopic (exact) mass is 384 g/mol. The van der Waals surface area contributed by atoms with Crippen LogP contribution in [-0.2, 0) is 0 Å². The topological polar surface area (TPSA) is 44.1 Å². The molecular formula is C24H17FN2O2. The summed E-state index contributed by atoms with van der Waals surface area (Å²) in [5.74, 6) is 0.291. The second-order valence-electron chi connectivity index (χ2n) is 7.09. The summed E-state index contributed by atoms with van der Waals surface area (Å²) in [5.41, 5.74) is 6.49. The Bertz CT molecular complexity index is 1270. The highest BCUT2D eigenvalue weighted by molar-refractivity contribution is 6.22. The summed E-state index contributed by atoms with van der Waals surface area (Å²) in [4.78, 5) is 17.4. The average molecular weight is 384 g/mol. The first-order valence-electron chi connectivity index (χ1n) is 9.23. The van der Waals surface area contributed by atoms with Crippen LogP contribution in [0.2, 0.25) is 0 Å². The molecule has 0 bridgehead atoms. The van der Waals surface area contributed by atoms with Gasteiger partial charge in [0.1, 0.15) is 11.6 Å². The number of carbonyl (C=O) groups is 1. The van der Waals surface area contributed by atoms with Crippen LogP contribution < -0.4 is 4.74 Å². The standard InChI is InChI=1S/C24H17FN2O2/c1-14-12-27(13-26-14)22-10-19-18-8-5-16(15-3-6-17(25)7-4-15)9-20(18)24(28)21(19)11-23(22)29-2/h3-13H,1-2H3. The molecular weight excluding hydrogens is 367 g/mol. The molecule has 4 nitrogen and oxygen atoms in total. The zero-order chi connectivity index (χ0) is 20.1. The Balaban J connectivity index is 1.65. The lowest BCUT2D eigenvalue weighted by atomic mass is 9.99. The Hall–Kier alpha value is -3.73. The van der Waals surface area contributed by atoms with Crippen molar-refractivity contribution in [3.05, 3.63) is 89.8 Å². The van der Waals surface area contributed by atoms with E-state index < -0.39 is 0 Å². The van der Waals surface area contributed by atoms with Gasteiger partial charge >= 0.3 is 0 Å². The number of rotatable bonds is 3. The average Bonchev–Trinajstić information content (AvgIpc) is 3.29. The SMILES string of the molecule is COc1cc2c(cc1-n1cnc(C)c1)-c1ccc(-c3ccc(F)cc3)cc1C2=O. The predicted octanol–water partition coefficient (Wildman–Crippen LogP) is 5.21. The third-order valence-electron chi connectivity index (χ3n) is 5.29. The zero-order valence-corrected chi connectivity index (χ0v) is 15.9. The summed E-state index contributed by atoms with van der Waals surface area (Å²) in [6.45, 7) is 1.92. The molecule has 5 heteroatoms. The fraction of sp³-hybridized carbons (Fsp3) is 0.0833. The highest BCUT2D eigenvalue weighted by Crippen LogP contribution is 2.42. The maximum atomic E-state index is 13.2. The Kier molecular flexibility index (Phi) is 3.84. The van der Waals surface area contributed by atoms with Crippen molar-refractivity contribution in [3.63, 3.8) is 0 Å². The van der Waals surface area contributed by atoms with Gasteiger partial charge in [-0.25, -0.2) is 9.37 Å². The van der Waals surface area contributed by atoms with Crippen LogP contribution in [-0.4, -0.2) is 22.4 Å². The van der Waals surface area contributed by atoms with E-state index in [4.69, 9.17) is 4.74 Å². The van der Waals surface area contributed by atoms with Crippen LogP contribution in [0.4, 0.5) is 4.39 Å². The number of hydrogen-bond acceptors (Lipinski definition) is 3. The van der Waals surface area contributed by atoms with E-state index in [9.17, 15) is 9.18 Å². The molecule has 1 aliphatic carbocycles. The lowest BCUT2D eigenvalue weighted by molar-refractivity contribution is 0.104. The first-order chi connectivity index (χ1) is 14.0. The third kappa shape index (κ3) is 2.74. The summed E-state index contributed by atoms with van der Waals surface area (Å²) in [6.07, 6.45) is 3.65. The minimum atomic E-state index is -0.284. The van der Waals surface area contributed by atoms with E-state index in [0.717, 1.165) is 33.6 Å². The highest BCUT2D eigenvalue weighted by Gasteiger charge is 2.29. The zero-order valence-electron chi connectivity index (χ0n) is 15.9. The first kappa shape index (κ1) is 17.4. The van der Waals surface area contributed by atoms with E-state index >= 15 is 0 Å². The molecule has 0 saturated carbocycles. The van der Waals surface area contributed by atoms with Crippen molar-refractivity contribution in [2.75, 3.05) is 7.11 Å². The number of aromatic nitrogens is 2. The summed E-state index contributed by atoms with van der Waals surface area (Å²) < 4.78 is 20.7. The molecule has 1 heterocycles. The van der Waals surface area contributed by atoms with E-state index in [0.29, 0.717) is 16.9 Å². The fourth-order valence-corrected chi connectivity index (χ4v) is 3.83. The van der Waals surface area contributed by atoms with Gasteiger partial charge in [0.2, 0.25) is 0 Å². The number of imidazole rings is 1. The molecule has 0 amide bonds. The van der Waals surface area contributed by atoms with Gasteiger partial charge in [0.15, 0.2) is 5.78 Å². The Morgan fingerprint density at radius 1 is 0.897 bits per heavy atom. The summed E-state index contributed by atoms with van der Waals surface area (Å²) in [5, 5.41) is 0. The number of nitrogens with zero attached hydrogens (tertiary/aromatic N) is 2.